The number of alkyl halides is 1. The first-order valence-corrected chi connectivity index (χ1v) is 5.37. The molecule has 2 amide bonds. The van der Waals surface area contributed by atoms with Crippen LogP contribution in [0.5, 0.6) is 0 Å². The van der Waals surface area contributed by atoms with E-state index < -0.39 is 0 Å². The lowest BCUT2D eigenvalue weighted by molar-refractivity contribution is -0.114. The average molecular weight is 261 g/mol. The van der Waals surface area contributed by atoms with Crippen LogP contribution in [0.15, 0.2) is 18.2 Å². The van der Waals surface area contributed by atoms with Gasteiger partial charge in [-0.1, -0.05) is 11.6 Å². The first-order chi connectivity index (χ1) is 7.52. The Morgan fingerprint density at radius 1 is 1.31 bits per heavy atom. The van der Waals surface area contributed by atoms with Crippen LogP contribution in [-0.4, -0.2) is 17.7 Å². The van der Waals surface area contributed by atoms with E-state index in [0.29, 0.717) is 16.4 Å². The summed E-state index contributed by atoms with van der Waals surface area (Å²) in [5, 5.41) is 5.50. The van der Waals surface area contributed by atoms with Gasteiger partial charge in [-0.25, -0.2) is 0 Å². The van der Waals surface area contributed by atoms with E-state index in [4.69, 9.17) is 23.2 Å². The number of rotatable bonds is 3. The van der Waals surface area contributed by atoms with Crippen LogP contribution in [0.1, 0.15) is 6.92 Å². The molecule has 0 atom stereocenters. The fraction of sp³-hybridized carbons (Fsp3) is 0.200. The standard InChI is InChI=1S/C10H10Cl2N2O2/c1-6(15)13-9-4-7(2-3-8(9)12)14-10(16)5-11/h2-4H,5H2,1H3,(H,13,15)(H,14,16). The number of hydrogen-bond acceptors (Lipinski definition) is 2. The first kappa shape index (κ1) is 12.8. The zero-order valence-electron chi connectivity index (χ0n) is 8.51. The van der Waals surface area contributed by atoms with Gasteiger partial charge in [0.1, 0.15) is 5.88 Å². The number of halogens is 2. The summed E-state index contributed by atoms with van der Waals surface area (Å²) in [5.74, 6) is -0.682. The molecule has 0 heterocycles. The molecule has 0 aromatic heterocycles. The highest BCUT2D eigenvalue weighted by atomic mass is 35.5. The molecule has 86 valence electrons. The van der Waals surface area contributed by atoms with E-state index in [1.54, 1.807) is 18.2 Å². The van der Waals surface area contributed by atoms with Gasteiger partial charge in [-0.15, -0.1) is 11.6 Å². The number of carbonyl (C=O) groups is 2. The monoisotopic (exact) mass is 260 g/mol. The van der Waals surface area contributed by atoms with Gasteiger partial charge in [0.05, 0.1) is 10.7 Å². The SMILES string of the molecule is CC(=O)Nc1cc(NC(=O)CCl)ccc1Cl. The molecule has 0 aliphatic carbocycles. The van der Waals surface area contributed by atoms with Gasteiger partial charge in [0.25, 0.3) is 0 Å². The smallest absolute Gasteiger partial charge is 0.239 e. The minimum Gasteiger partial charge on any atom is -0.325 e. The molecule has 2 N–H and O–H groups in total. The van der Waals surface area contributed by atoms with E-state index in [0.717, 1.165) is 0 Å². The molecule has 4 nitrogen and oxygen atoms in total. The minimum atomic E-state index is -0.322. The molecule has 0 aliphatic heterocycles. The molecule has 16 heavy (non-hydrogen) atoms. The maximum absolute atomic E-state index is 11.0. The van der Waals surface area contributed by atoms with Crippen LogP contribution < -0.4 is 10.6 Å². The lowest BCUT2D eigenvalue weighted by Gasteiger charge is -2.08. The van der Waals surface area contributed by atoms with E-state index in [1.165, 1.54) is 6.92 Å². The second kappa shape index (κ2) is 5.72. The Labute approximate surface area is 103 Å². The molecule has 0 aliphatic rings. The molecule has 0 unspecified atom stereocenters. The highest BCUT2D eigenvalue weighted by Crippen LogP contribution is 2.25. The van der Waals surface area contributed by atoms with Crippen molar-refractivity contribution >= 4 is 46.4 Å². The molecule has 1 rings (SSSR count). The quantitative estimate of drug-likeness (QED) is 0.821. The summed E-state index contributed by atoms with van der Waals surface area (Å²) < 4.78 is 0. The zero-order valence-corrected chi connectivity index (χ0v) is 10.0. The Morgan fingerprint density at radius 2 is 2.00 bits per heavy atom. The highest BCUT2D eigenvalue weighted by molar-refractivity contribution is 6.34. The molecule has 1 aromatic rings. The van der Waals surface area contributed by atoms with E-state index in [2.05, 4.69) is 10.6 Å². The van der Waals surface area contributed by atoms with E-state index in [1.807, 2.05) is 0 Å². The van der Waals surface area contributed by atoms with Crippen molar-refractivity contribution in [3.63, 3.8) is 0 Å². The predicted octanol–water partition coefficient (Wildman–Crippen LogP) is 2.48. The van der Waals surface area contributed by atoms with Crippen LogP contribution in [0.3, 0.4) is 0 Å². The molecule has 1 aromatic carbocycles. The van der Waals surface area contributed by atoms with Crippen molar-refractivity contribution in [2.45, 2.75) is 6.92 Å². The van der Waals surface area contributed by atoms with E-state index in [9.17, 15) is 9.59 Å². The second-order valence-electron chi connectivity index (χ2n) is 3.06. The fourth-order valence-electron chi connectivity index (χ4n) is 1.08. The summed E-state index contributed by atoms with van der Waals surface area (Å²) in [7, 11) is 0. The fourth-order valence-corrected chi connectivity index (χ4v) is 1.31. The van der Waals surface area contributed by atoms with Gasteiger partial charge in [-0.3, -0.25) is 9.59 Å². The summed E-state index contributed by atoms with van der Waals surface area (Å²) in [5.41, 5.74) is 0.973. The third-order valence-corrected chi connectivity index (χ3v) is 2.25. The largest absolute Gasteiger partial charge is 0.325 e. The van der Waals surface area contributed by atoms with Crippen molar-refractivity contribution in [3.8, 4) is 0 Å². The van der Waals surface area contributed by atoms with Gasteiger partial charge in [-0.05, 0) is 18.2 Å². The van der Waals surface area contributed by atoms with Crippen LogP contribution in [0.4, 0.5) is 11.4 Å². The molecule has 0 fully saturated rings. The number of anilines is 2. The van der Waals surface area contributed by atoms with Crippen molar-refractivity contribution in [1.82, 2.24) is 0 Å². The summed E-state index contributed by atoms with van der Waals surface area (Å²) in [6, 6.07) is 4.77. The maximum atomic E-state index is 11.0. The van der Waals surface area contributed by atoms with Gasteiger partial charge in [0, 0.05) is 12.6 Å². The van der Waals surface area contributed by atoms with Crippen molar-refractivity contribution in [2.75, 3.05) is 16.5 Å². The number of carbonyl (C=O) groups excluding carboxylic acids is 2. The van der Waals surface area contributed by atoms with Gasteiger partial charge in [0.2, 0.25) is 11.8 Å². The predicted molar refractivity (Wildman–Crippen MR) is 65.1 cm³/mol. The number of nitrogens with one attached hydrogen (secondary N) is 2. The summed E-state index contributed by atoms with van der Waals surface area (Å²) >= 11 is 11.2. The molecule has 0 radical (unpaired) electrons. The van der Waals surface area contributed by atoms with Crippen LogP contribution in [0.2, 0.25) is 5.02 Å². The Hall–Kier alpha value is -1.26. The maximum Gasteiger partial charge on any atom is 0.239 e. The number of amides is 2. The Kier molecular flexibility index (Phi) is 4.58. The van der Waals surface area contributed by atoms with Crippen LogP contribution in [0, 0.1) is 0 Å². The van der Waals surface area contributed by atoms with Gasteiger partial charge in [0.15, 0.2) is 0 Å². The molecular weight excluding hydrogens is 251 g/mol. The molecule has 0 saturated heterocycles. The molecule has 0 saturated carbocycles. The molecule has 6 heteroatoms. The summed E-state index contributed by atoms with van der Waals surface area (Å²) in [6.45, 7) is 1.38. The first-order valence-electron chi connectivity index (χ1n) is 4.46. The number of benzene rings is 1. The van der Waals surface area contributed by atoms with Crippen LogP contribution in [0.25, 0.3) is 0 Å². The molecular formula is C10H10Cl2N2O2. The molecule has 0 spiro atoms. The Balaban J connectivity index is 2.88. The van der Waals surface area contributed by atoms with Crippen LogP contribution in [-0.2, 0) is 9.59 Å². The lowest BCUT2D eigenvalue weighted by atomic mass is 10.2. The minimum absolute atomic E-state index is 0.127. The Bertz CT molecular complexity index is 421. The van der Waals surface area contributed by atoms with Crippen molar-refractivity contribution in [2.24, 2.45) is 0 Å². The lowest BCUT2D eigenvalue weighted by Crippen LogP contribution is -2.13. The average Bonchev–Trinajstić information content (AvgIpc) is 2.22. The van der Waals surface area contributed by atoms with E-state index in [-0.39, 0.29) is 17.7 Å². The zero-order chi connectivity index (χ0) is 12.1. The van der Waals surface area contributed by atoms with Crippen LogP contribution >= 0.6 is 23.2 Å². The van der Waals surface area contributed by atoms with Crippen molar-refractivity contribution < 1.29 is 9.59 Å². The third-order valence-electron chi connectivity index (χ3n) is 1.68. The van der Waals surface area contributed by atoms with Crippen molar-refractivity contribution in [3.05, 3.63) is 23.2 Å². The third kappa shape index (κ3) is 3.72. The summed E-state index contributed by atoms with van der Waals surface area (Å²) in [4.78, 5) is 21.9. The van der Waals surface area contributed by atoms with E-state index >= 15 is 0 Å². The Morgan fingerprint density at radius 3 is 2.56 bits per heavy atom. The topological polar surface area (TPSA) is 58.2 Å². The van der Waals surface area contributed by atoms with Gasteiger partial charge < -0.3 is 10.6 Å². The summed E-state index contributed by atoms with van der Waals surface area (Å²) in [6.07, 6.45) is 0. The van der Waals surface area contributed by atoms with Crippen molar-refractivity contribution in [1.29, 1.82) is 0 Å². The number of hydrogen-bond donors (Lipinski definition) is 2. The van der Waals surface area contributed by atoms with Gasteiger partial charge >= 0.3 is 0 Å². The van der Waals surface area contributed by atoms with Gasteiger partial charge in [-0.2, -0.15) is 0 Å². The molecule has 0 bridgehead atoms. The highest BCUT2D eigenvalue weighted by Gasteiger charge is 2.05. The normalized spacial score (nSPS) is 9.69. The second-order valence-corrected chi connectivity index (χ2v) is 3.73.